The Morgan fingerprint density at radius 3 is 2.50 bits per heavy atom. The maximum Gasteiger partial charge on any atom is 0.270 e. The highest BCUT2D eigenvalue weighted by Gasteiger charge is 2.17. The van der Waals surface area contributed by atoms with E-state index in [2.05, 4.69) is 5.32 Å². The van der Waals surface area contributed by atoms with Gasteiger partial charge in [-0.05, 0) is 30.3 Å². The van der Waals surface area contributed by atoms with Crippen molar-refractivity contribution in [2.24, 2.45) is 0 Å². The number of rotatable bonds is 4. The van der Waals surface area contributed by atoms with E-state index in [1.165, 1.54) is 24.5 Å². The molecule has 3 aromatic rings. The molecule has 1 N–H and O–H groups in total. The van der Waals surface area contributed by atoms with Crippen molar-refractivity contribution in [1.29, 1.82) is 0 Å². The normalized spacial score (nSPS) is 10.6. The summed E-state index contributed by atoms with van der Waals surface area (Å²) >= 11 is 0. The Morgan fingerprint density at radius 2 is 1.88 bits per heavy atom. The standard InChI is InChI=1S/C17H15N3O4/c1-19(2)12-5-3-11(4-6-12)18-17(21)15-10-24-16-8-7-13(20(22)23)9-14(15)16/h3-10H,1-2H3,(H,18,21). The molecule has 0 saturated carbocycles. The fourth-order valence-corrected chi connectivity index (χ4v) is 2.35. The Kier molecular flexibility index (Phi) is 3.91. The van der Waals surface area contributed by atoms with Crippen LogP contribution in [0.15, 0.2) is 53.1 Å². The molecule has 0 aliphatic heterocycles. The third-order valence-electron chi connectivity index (χ3n) is 3.65. The number of hydrogen-bond acceptors (Lipinski definition) is 5. The van der Waals surface area contributed by atoms with Crippen molar-refractivity contribution in [1.82, 2.24) is 0 Å². The predicted molar refractivity (Wildman–Crippen MR) is 91.6 cm³/mol. The predicted octanol–water partition coefficient (Wildman–Crippen LogP) is 3.66. The molecule has 2 aromatic carbocycles. The van der Waals surface area contributed by atoms with E-state index in [9.17, 15) is 14.9 Å². The molecule has 3 rings (SSSR count). The molecular formula is C17H15N3O4. The highest BCUT2D eigenvalue weighted by Crippen LogP contribution is 2.26. The summed E-state index contributed by atoms with van der Waals surface area (Å²) in [6.07, 6.45) is 1.30. The molecule has 24 heavy (non-hydrogen) atoms. The minimum atomic E-state index is -0.506. The highest BCUT2D eigenvalue weighted by atomic mass is 16.6. The summed E-state index contributed by atoms with van der Waals surface area (Å²) in [5, 5.41) is 14.1. The minimum absolute atomic E-state index is 0.0896. The monoisotopic (exact) mass is 325 g/mol. The quantitative estimate of drug-likeness (QED) is 0.584. The maximum absolute atomic E-state index is 12.4. The van der Waals surface area contributed by atoms with Crippen molar-refractivity contribution in [2.45, 2.75) is 0 Å². The number of hydrogen-bond donors (Lipinski definition) is 1. The fraction of sp³-hybridized carbons (Fsp3) is 0.118. The first-order chi connectivity index (χ1) is 11.5. The number of carbonyl (C=O) groups is 1. The van der Waals surface area contributed by atoms with Crippen molar-refractivity contribution in [3.05, 3.63) is 64.4 Å². The van der Waals surface area contributed by atoms with Crippen molar-refractivity contribution in [3.8, 4) is 0 Å². The highest BCUT2D eigenvalue weighted by molar-refractivity contribution is 6.12. The third-order valence-corrected chi connectivity index (χ3v) is 3.65. The van der Waals surface area contributed by atoms with E-state index in [1.54, 1.807) is 12.1 Å². The molecule has 1 heterocycles. The zero-order valence-electron chi connectivity index (χ0n) is 13.1. The van der Waals surface area contributed by atoms with E-state index >= 15 is 0 Å². The summed E-state index contributed by atoms with van der Waals surface area (Å²) in [6.45, 7) is 0. The van der Waals surface area contributed by atoms with Crippen LogP contribution in [0.25, 0.3) is 11.0 Å². The van der Waals surface area contributed by atoms with E-state index in [0.29, 0.717) is 16.7 Å². The number of benzene rings is 2. The zero-order chi connectivity index (χ0) is 17.3. The van der Waals surface area contributed by atoms with Gasteiger partial charge in [0.05, 0.1) is 10.5 Å². The zero-order valence-corrected chi connectivity index (χ0v) is 13.1. The van der Waals surface area contributed by atoms with Crippen molar-refractivity contribution in [2.75, 3.05) is 24.3 Å². The lowest BCUT2D eigenvalue weighted by molar-refractivity contribution is -0.384. The Morgan fingerprint density at radius 1 is 1.17 bits per heavy atom. The first-order valence-corrected chi connectivity index (χ1v) is 7.20. The van der Waals surface area contributed by atoms with E-state index < -0.39 is 4.92 Å². The summed E-state index contributed by atoms with van der Waals surface area (Å²) in [4.78, 5) is 24.8. The van der Waals surface area contributed by atoms with Crippen LogP contribution < -0.4 is 10.2 Å². The second-order valence-electron chi connectivity index (χ2n) is 5.48. The van der Waals surface area contributed by atoms with Gasteiger partial charge < -0.3 is 14.6 Å². The lowest BCUT2D eigenvalue weighted by Gasteiger charge is -2.12. The lowest BCUT2D eigenvalue weighted by Crippen LogP contribution is -2.12. The number of nitrogens with one attached hydrogen (secondary N) is 1. The van der Waals surface area contributed by atoms with Gasteiger partial charge >= 0.3 is 0 Å². The molecule has 0 atom stereocenters. The number of carbonyl (C=O) groups excluding carboxylic acids is 1. The summed E-state index contributed by atoms with van der Waals surface area (Å²) in [6, 6.07) is 11.5. The van der Waals surface area contributed by atoms with Gasteiger partial charge in [0.2, 0.25) is 0 Å². The number of nitrogens with zero attached hydrogens (tertiary/aromatic N) is 2. The molecule has 0 fully saturated rings. The molecule has 0 saturated heterocycles. The van der Waals surface area contributed by atoms with Gasteiger partial charge in [0.25, 0.3) is 11.6 Å². The molecule has 0 aliphatic rings. The second kappa shape index (κ2) is 6.04. The number of nitro groups is 1. The molecule has 122 valence electrons. The van der Waals surface area contributed by atoms with Gasteiger partial charge in [-0.1, -0.05) is 0 Å². The first-order valence-electron chi connectivity index (χ1n) is 7.20. The molecule has 0 unspecified atom stereocenters. The average molecular weight is 325 g/mol. The van der Waals surface area contributed by atoms with Crippen molar-refractivity contribution >= 4 is 33.9 Å². The van der Waals surface area contributed by atoms with E-state index in [4.69, 9.17) is 4.42 Å². The molecule has 0 spiro atoms. The Hall–Kier alpha value is -3.35. The number of fused-ring (bicyclic) bond motifs is 1. The van der Waals surface area contributed by atoms with Gasteiger partial charge in [0.1, 0.15) is 11.8 Å². The van der Waals surface area contributed by atoms with Crippen LogP contribution in [-0.2, 0) is 0 Å². The van der Waals surface area contributed by atoms with Crippen LogP contribution in [0, 0.1) is 10.1 Å². The van der Waals surface area contributed by atoms with E-state index in [1.807, 2.05) is 31.1 Å². The van der Waals surface area contributed by atoms with Crippen LogP contribution in [0.3, 0.4) is 0 Å². The first kappa shape index (κ1) is 15.5. The molecule has 0 bridgehead atoms. The summed E-state index contributed by atoms with van der Waals surface area (Å²) in [5.74, 6) is -0.383. The van der Waals surface area contributed by atoms with Gasteiger partial charge in [-0.2, -0.15) is 0 Å². The van der Waals surface area contributed by atoms with Crippen LogP contribution in [-0.4, -0.2) is 24.9 Å². The van der Waals surface area contributed by atoms with Gasteiger partial charge in [0.15, 0.2) is 0 Å². The summed E-state index contributed by atoms with van der Waals surface area (Å²) in [7, 11) is 3.86. The van der Waals surface area contributed by atoms with Crippen LogP contribution in [0.2, 0.25) is 0 Å². The molecule has 7 nitrogen and oxygen atoms in total. The molecule has 1 amide bonds. The van der Waals surface area contributed by atoms with Crippen LogP contribution in [0.5, 0.6) is 0 Å². The summed E-state index contributed by atoms with van der Waals surface area (Å²) < 4.78 is 5.30. The van der Waals surface area contributed by atoms with Crippen molar-refractivity contribution < 1.29 is 14.1 Å². The number of nitro benzene ring substituents is 1. The largest absolute Gasteiger partial charge is 0.463 e. The van der Waals surface area contributed by atoms with Crippen molar-refractivity contribution in [3.63, 3.8) is 0 Å². The summed E-state index contributed by atoms with van der Waals surface area (Å²) in [5.41, 5.74) is 2.23. The molecular weight excluding hydrogens is 310 g/mol. The van der Waals surface area contributed by atoms with Crippen LogP contribution >= 0.6 is 0 Å². The van der Waals surface area contributed by atoms with Crippen LogP contribution in [0.1, 0.15) is 10.4 Å². The number of anilines is 2. The minimum Gasteiger partial charge on any atom is -0.463 e. The number of furan rings is 1. The second-order valence-corrected chi connectivity index (χ2v) is 5.48. The third kappa shape index (κ3) is 2.91. The van der Waals surface area contributed by atoms with E-state index in [0.717, 1.165) is 5.69 Å². The fourth-order valence-electron chi connectivity index (χ4n) is 2.35. The topological polar surface area (TPSA) is 88.6 Å². The Balaban J connectivity index is 1.88. The van der Waals surface area contributed by atoms with E-state index in [-0.39, 0.29) is 17.2 Å². The number of non-ortho nitro benzene ring substituents is 1. The lowest BCUT2D eigenvalue weighted by atomic mass is 10.1. The SMILES string of the molecule is CN(C)c1ccc(NC(=O)c2coc3ccc([N+](=O)[O-])cc23)cc1. The molecule has 7 heteroatoms. The number of amides is 1. The Bertz CT molecular complexity index is 913. The molecule has 0 aliphatic carbocycles. The van der Waals surface area contributed by atoms with Gasteiger partial charge in [-0.25, -0.2) is 0 Å². The van der Waals surface area contributed by atoms with Gasteiger partial charge in [-0.3, -0.25) is 14.9 Å². The van der Waals surface area contributed by atoms with Gasteiger partial charge in [0, 0.05) is 43.0 Å². The average Bonchev–Trinajstić information content (AvgIpc) is 2.98. The Labute approximate surface area is 137 Å². The van der Waals surface area contributed by atoms with Gasteiger partial charge in [-0.15, -0.1) is 0 Å². The molecule has 1 aromatic heterocycles. The van der Waals surface area contributed by atoms with Crippen LogP contribution in [0.4, 0.5) is 17.1 Å². The molecule has 0 radical (unpaired) electrons. The maximum atomic E-state index is 12.4. The smallest absolute Gasteiger partial charge is 0.270 e.